The molecule has 2 nitrogen and oxygen atoms in total. The number of hydrogen-bond acceptors (Lipinski definition) is 2. The molecule has 0 aromatic heterocycles. The van der Waals surface area contributed by atoms with Crippen LogP contribution in [0.5, 0.6) is 0 Å². The second-order valence-corrected chi connectivity index (χ2v) is 5.76. The molecule has 20 heavy (non-hydrogen) atoms. The first-order chi connectivity index (χ1) is 9.34. The Kier molecular flexibility index (Phi) is 4.50. The summed E-state index contributed by atoms with van der Waals surface area (Å²) in [5.74, 6) is -0.344. The summed E-state index contributed by atoms with van der Waals surface area (Å²) in [5, 5.41) is 0.484. The number of ketones is 1. The summed E-state index contributed by atoms with van der Waals surface area (Å²) in [6.07, 6.45) is 0. The number of anilines is 1. The molecule has 0 spiro atoms. The standard InChI is InChI=1S/C14H9Cl4NO/c1-6-7(3-2-4-10(6)19)14(20)11-8(15)5-9(16)12(17)13(11)18/h2-5H,19H2,1H3. The van der Waals surface area contributed by atoms with Crippen LogP contribution >= 0.6 is 46.4 Å². The van der Waals surface area contributed by atoms with Crippen LogP contribution in [0.1, 0.15) is 21.5 Å². The average Bonchev–Trinajstić information content (AvgIpc) is 2.39. The Morgan fingerprint density at radius 3 is 2.35 bits per heavy atom. The van der Waals surface area contributed by atoms with E-state index >= 15 is 0 Å². The molecule has 0 amide bonds. The van der Waals surface area contributed by atoms with Gasteiger partial charge in [0.15, 0.2) is 5.78 Å². The van der Waals surface area contributed by atoms with Crippen molar-refractivity contribution in [1.82, 2.24) is 0 Å². The zero-order valence-corrected chi connectivity index (χ0v) is 13.3. The highest BCUT2D eigenvalue weighted by Crippen LogP contribution is 2.38. The molecule has 0 saturated carbocycles. The third kappa shape index (κ3) is 2.61. The molecule has 0 aliphatic heterocycles. The molecule has 2 aromatic rings. The quantitative estimate of drug-likeness (QED) is 0.340. The number of carbonyl (C=O) groups excluding carboxylic acids is 1. The van der Waals surface area contributed by atoms with Crippen molar-refractivity contribution in [2.45, 2.75) is 6.92 Å². The largest absolute Gasteiger partial charge is 0.398 e. The van der Waals surface area contributed by atoms with Gasteiger partial charge in [-0.25, -0.2) is 0 Å². The van der Waals surface area contributed by atoms with E-state index in [0.29, 0.717) is 16.8 Å². The maximum absolute atomic E-state index is 12.6. The number of halogens is 4. The van der Waals surface area contributed by atoms with Crippen molar-refractivity contribution in [3.05, 3.63) is 61.0 Å². The van der Waals surface area contributed by atoms with Gasteiger partial charge >= 0.3 is 0 Å². The van der Waals surface area contributed by atoms with Gasteiger partial charge in [-0.15, -0.1) is 0 Å². The SMILES string of the molecule is Cc1c(N)cccc1C(=O)c1c(Cl)cc(Cl)c(Cl)c1Cl. The van der Waals surface area contributed by atoms with Crippen LogP contribution in [0.2, 0.25) is 20.1 Å². The Labute approximate surface area is 136 Å². The van der Waals surface area contributed by atoms with Crippen LogP contribution in [0.15, 0.2) is 24.3 Å². The fourth-order valence-corrected chi connectivity index (χ4v) is 2.89. The highest BCUT2D eigenvalue weighted by Gasteiger charge is 2.22. The van der Waals surface area contributed by atoms with Crippen molar-refractivity contribution in [2.24, 2.45) is 0 Å². The van der Waals surface area contributed by atoms with E-state index in [4.69, 9.17) is 52.1 Å². The summed E-state index contributed by atoms with van der Waals surface area (Å²) >= 11 is 24.0. The van der Waals surface area contributed by atoms with Crippen LogP contribution in [0, 0.1) is 6.92 Å². The van der Waals surface area contributed by atoms with Crippen LogP contribution in [-0.4, -0.2) is 5.78 Å². The van der Waals surface area contributed by atoms with E-state index < -0.39 is 0 Å². The van der Waals surface area contributed by atoms with Crippen molar-refractivity contribution in [3.63, 3.8) is 0 Å². The highest BCUT2D eigenvalue weighted by atomic mass is 35.5. The van der Waals surface area contributed by atoms with Gasteiger partial charge in [-0.3, -0.25) is 4.79 Å². The predicted molar refractivity (Wildman–Crippen MR) is 85.5 cm³/mol. The van der Waals surface area contributed by atoms with E-state index in [0.717, 1.165) is 0 Å². The molecule has 0 aliphatic rings. The molecule has 0 unspecified atom stereocenters. The topological polar surface area (TPSA) is 43.1 Å². The van der Waals surface area contributed by atoms with Gasteiger partial charge in [-0.1, -0.05) is 58.5 Å². The molecule has 0 saturated heterocycles. The fourth-order valence-electron chi connectivity index (χ4n) is 1.81. The number of nitrogen functional groups attached to an aromatic ring is 1. The number of benzene rings is 2. The third-order valence-electron chi connectivity index (χ3n) is 2.96. The molecule has 0 fully saturated rings. The zero-order chi connectivity index (χ0) is 15.0. The monoisotopic (exact) mass is 347 g/mol. The lowest BCUT2D eigenvalue weighted by atomic mass is 9.98. The van der Waals surface area contributed by atoms with Crippen LogP contribution in [-0.2, 0) is 0 Å². The van der Waals surface area contributed by atoms with E-state index in [1.807, 2.05) is 0 Å². The van der Waals surface area contributed by atoms with E-state index in [1.54, 1.807) is 25.1 Å². The number of rotatable bonds is 2. The number of carbonyl (C=O) groups is 1. The van der Waals surface area contributed by atoms with E-state index in [-0.39, 0.29) is 31.4 Å². The summed E-state index contributed by atoms with van der Waals surface area (Å²) in [5.41, 5.74) is 7.53. The molecule has 0 heterocycles. The van der Waals surface area contributed by atoms with E-state index in [1.165, 1.54) is 6.07 Å². The van der Waals surface area contributed by atoms with Gasteiger partial charge in [-0.2, -0.15) is 0 Å². The lowest BCUT2D eigenvalue weighted by molar-refractivity contribution is 0.103. The zero-order valence-electron chi connectivity index (χ0n) is 10.3. The minimum Gasteiger partial charge on any atom is -0.398 e. The van der Waals surface area contributed by atoms with Gasteiger partial charge in [0.25, 0.3) is 0 Å². The van der Waals surface area contributed by atoms with Gasteiger partial charge in [0, 0.05) is 11.3 Å². The van der Waals surface area contributed by atoms with Crippen LogP contribution in [0.25, 0.3) is 0 Å². The maximum atomic E-state index is 12.6. The molecule has 0 radical (unpaired) electrons. The molecule has 6 heteroatoms. The van der Waals surface area contributed by atoms with Gasteiger partial charge in [0.1, 0.15) is 0 Å². The van der Waals surface area contributed by atoms with E-state index in [9.17, 15) is 4.79 Å². The Morgan fingerprint density at radius 2 is 1.70 bits per heavy atom. The number of nitrogens with two attached hydrogens (primary N) is 1. The summed E-state index contributed by atoms with van der Waals surface area (Å²) in [6, 6.07) is 6.45. The van der Waals surface area contributed by atoms with Crippen molar-refractivity contribution in [1.29, 1.82) is 0 Å². The smallest absolute Gasteiger partial charge is 0.196 e. The molecule has 0 aliphatic carbocycles. The number of hydrogen-bond donors (Lipinski definition) is 1. The first-order valence-corrected chi connectivity index (χ1v) is 7.08. The fraction of sp³-hybridized carbons (Fsp3) is 0.0714. The van der Waals surface area contributed by atoms with Crippen molar-refractivity contribution in [2.75, 3.05) is 5.73 Å². The second kappa shape index (κ2) is 5.82. The van der Waals surface area contributed by atoms with Gasteiger partial charge in [-0.05, 0) is 24.6 Å². The predicted octanol–water partition coefficient (Wildman–Crippen LogP) is 5.42. The lowest BCUT2D eigenvalue weighted by Crippen LogP contribution is -2.07. The van der Waals surface area contributed by atoms with Gasteiger partial charge in [0.05, 0.1) is 25.7 Å². The molecular formula is C14H9Cl4NO. The Hall–Kier alpha value is -0.930. The minimum atomic E-state index is -0.344. The van der Waals surface area contributed by atoms with Crippen molar-refractivity contribution in [3.8, 4) is 0 Å². The van der Waals surface area contributed by atoms with Gasteiger partial charge < -0.3 is 5.73 Å². The molecule has 104 valence electrons. The Bertz CT molecular complexity index is 713. The molecule has 2 N–H and O–H groups in total. The van der Waals surface area contributed by atoms with Crippen LogP contribution in [0.3, 0.4) is 0 Å². The maximum Gasteiger partial charge on any atom is 0.196 e. The second-order valence-electron chi connectivity index (χ2n) is 4.19. The first kappa shape index (κ1) is 15.5. The minimum absolute atomic E-state index is 0.0380. The normalized spacial score (nSPS) is 10.7. The molecular weight excluding hydrogens is 340 g/mol. The average molecular weight is 349 g/mol. The third-order valence-corrected chi connectivity index (χ3v) is 4.52. The summed E-state index contributed by atoms with van der Waals surface area (Å²) in [4.78, 5) is 12.6. The van der Waals surface area contributed by atoms with Gasteiger partial charge in [0.2, 0.25) is 0 Å². The Morgan fingerprint density at radius 1 is 1.05 bits per heavy atom. The molecule has 0 bridgehead atoms. The van der Waals surface area contributed by atoms with E-state index in [2.05, 4.69) is 0 Å². The summed E-state index contributed by atoms with van der Waals surface area (Å²) in [6.45, 7) is 1.75. The molecule has 2 aromatic carbocycles. The first-order valence-electron chi connectivity index (χ1n) is 5.57. The summed E-state index contributed by atoms with van der Waals surface area (Å²) < 4.78 is 0. The van der Waals surface area contributed by atoms with Crippen molar-refractivity contribution >= 4 is 57.9 Å². The highest BCUT2D eigenvalue weighted by molar-refractivity contribution is 6.51. The van der Waals surface area contributed by atoms with Crippen molar-refractivity contribution < 1.29 is 4.79 Å². The summed E-state index contributed by atoms with van der Waals surface area (Å²) in [7, 11) is 0. The Balaban J connectivity index is 2.66. The van der Waals surface area contributed by atoms with Crippen LogP contribution < -0.4 is 5.73 Å². The van der Waals surface area contributed by atoms with Crippen LogP contribution in [0.4, 0.5) is 5.69 Å². The molecule has 2 rings (SSSR count). The molecule has 0 atom stereocenters. The lowest BCUT2D eigenvalue weighted by Gasteiger charge is -2.12.